The molecule has 0 unspecified atom stereocenters. The summed E-state index contributed by atoms with van der Waals surface area (Å²) in [5, 5.41) is 0. The molecule has 0 aromatic carbocycles. The molecule has 2 aliphatic rings. The van der Waals surface area contributed by atoms with Gasteiger partial charge in [0.2, 0.25) is 0 Å². The molecular formula is C16H25N3. The first-order valence-corrected chi connectivity index (χ1v) is 7.65. The summed E-state index contributed by atoms with van der Waals surface area (Å²) in [6.07, 6.45) is 6.93. The molecule has 0 spiro atoms. The van der Waals surface area contributed by atoms with Crippen LogP contribution in [-0.2, 0) is 19.4 Å². The van der Waals surface area contributed by atoms with Gasteiger partial charge >= 0.3 is 0 Å². The maximum absolute atomic E-state index is 4.65. The molecule has 1 aromatic heterocycles. The Morgan fingerprint density at radius 1 is 1.26 bits per heavy atom. The average molecular weight is 259 g/mol. The summed E-state index contributed by atoms with van der Waals surface area (Å²) in [4.78, 5) is 9.79. The van der Waals surface area contributed by atoms with Crippen LogP contribution in [0.3, 0.4) is 0 Å². The van der Waals surface area contributed by atoms with Gasteiger partial charge in [0.05, 0.1) is 0 Å². The van der Waals surface area contributed by atoms with Crippen molar-refractivity contribution in [3.63, 3.8) is 0 Å². The average Bonchev–Trinajstić information content (AvgIpc) is 2.47. The van der Waals surface area contributed by atoms with E-state index in [2.05, 4.69) is 41.0 Å². The summed E-state index contributed by atoms with van der Waals surface area (Å²) in [5.74, 6) is 0. The van der Waals surface area contributed by atoms with E-state index >= 15 is 0 Å². The molecule has 3 heterocycles. The van der Waals surface area contributed by atoms with Crippen LogP contribution in [0.2, 0.25) is 0 Å². The molecule has 2 aliphatic heterocycles. The van der Waals surface area contributed by atoms with Crippen molar-refractivity contribution in [2.24, 2.45) is 0 Å². The fourth-order valence-corrected chi connectivity index (χ4v) is 3.36. The van der Waals surface area contributed by atoms with Gasteiger partial charge in [-0.05, 0) is 50.5 Å². The lowest BCUT2D eigenvalue weighted by atomic mass is 9.97. The molecule has 0 bridgehead atoms. The van der Waals surface area contributed by atoms with E-state index in [0.29, 0.717) is 0 Å². The smallest absolute Gasteiger partial charge is 0.0461 e. The standard InChI is InChI=1S/C16H25N3/c1-3-13-10-14-12-19(9-6-16(14)17-11-13)15-4-7-18(2)8-5-15/h10-11,15H,3-9,12H2,1-2H3. The Hall–Kier alpha value is -0.930. The summed E-state index contributed by atoms with van der Waals surface area (Å²) >= 11 is 0. The topological polar surface area (TPSA) is 19.4 Å². The predicted molar refractivity (Wildman–Crippen MR) is 78.2 cm³/mol. The highest BCUT2D eigenvalue weighted by Crippen LogP contribution is 2.24. The molecular weight excluding hydrogens is 234 g/mol. The summed E-state index contributed by atoms with van der Waals surface area (Å²) in [7, 11) is 2.24. The summed E-state index contributed by atoms with van der Waals surface area (Å²) in [6.45, 7) is 7.02. The first-order chi connectivity index (χ1) is 9.26. The highest BCUT2D eigenvalue weighted by atomic mass is 15.2. The first-order valence-electron chi connectivity index (χ1n) is 7.65. The number of piperidine rings is 1. The first kappa shape index (κ1) is 13.1. The van der Waals surface area contributed by atoms with E-state index in [-0.39, 0.29) is 0 Å². The van der Waals surface area contributed by atoms with Crippen molar-refractivity contribution in [2.75, 3.05) is 26.7 Å². The molecule has 3 rings (SSSR count). The second-order valence-electron chi connectivity index (χ2n) is 6.06. The molecule has 104 valence electrons. The van der Waals surface area contributed by atoms with Crippen molar-refractivity contribution >= 4 is 0 Å². The monoisotopic (exact) mass is 259 g/mol. The fourth-order valence-electron chi connectivity index (χ4n) is 3.36. The maximum Gasteiger partial charge on any atom is 0.0461 e. The molecule has 0 aliphatic carbocycles. The minimum absolute atomic E-state index is 0.787. The third-order valence-corrected chi connectivity index (χ3v) is 4.74. The van der Waals surface area contributed by atoms with Crippen molar-refractivity contribution in [1.82, 2.24) is 14.8 Å². The van der Waals surface area contributed by atoms with Crippen molar-refractivity contribution in [3.05, 3.63) is 29.1 Å². The van der Waals surface area contributed by atoms with Crippen LogP contribution in [0.4, 0.5) is 0 Å². The molecule has 0 saturated carbocycles. The summed E-state index contributed by atoms with van der Waals surface area (Å²) in [6, 6.07) is 3.17. The SMILES string of the molecule is CCc1cnc2c(c1)CN(C1CCN(C)CC1)CC2. The Balaban J connectivity index is 1.70. The number of hydrogen-bond donors (Lipinski definition) is 0. The third kappa shape index (κ3) is 2.82. The molecule has 0 amide bonds. The van der Waals surface area contributed by atoms with E-state index in [4.69, 9.17) is 0 Å². The number of likely N-dealkylation sites (tertiary alicyclic amines) is 1. The van der Waals surface area contributed by atoms with Crippen LogP contribution < -0.4 is 0 Å². The molecule has 19 heavy (non-hydrogen) atoms. The quantitative estimate of drug-likeness (QED) is 0.811. The Bertz CT molecular complexity index is 436. The Kier molecular flexibility index (Phi) is 3.85. The van der Waals surface area contributed by atoms with Gasteiger partial charge in [0.25, 0.3) is 0 Å². The van der Waals surface area contributed by atoms with E-state index in [1.165, 1.54) is 49.3 Å². The maximum atomic E-state index is 4.65. The van der Waals surface area contributed by atoms with Gasteiger partial charge in [0, 0.05) is 37.4 Å². The molecule has 1 fully saturated rings. The minimum Gasteiger partial charge on any atom is -0.306 e. The normalized spacial score (nSPS) is 22.4. The second kappa shape index (κ2) is 5.59. The van der Waals surface area contributed by atoms with Gasteiger partial charge in [0.15, 0.2) is 0 Å². The second-order valence-corrected chi connectivity index (χ2v) is 6.06. The molecule has 1 saturated heterocycles. The lowest BCUT2D eigenvalue weighted by Gasteiger charge is -2.39. The number of aromatic nitrogens is 1. The van der Waals surface area contributed by atoms with Crippen LogP contribution in [0.1, 0.15) is 36.6 Å². The zero-order valence-corrected chi connectivity index (χ0v) is 12.2. The highest BCUT2D eigenvalue weighted by molar-refractivity contribution is 5.27. The van der Waals surface area contributed by atoms with Gasteiger partial charge in [-0.1, -0.05) is 13.0 Å². The van der Waals surface area contributed by atoms with Gasteiger partial charge in [0.1, 0.15) is 0 Å². The van der Waals surface area contributed by atoms with E-state index in [1.807, 2.05) is 0 Å². The van der Waals surface area contributed by atoms with Crippen LogP contribution >= 0.6 is 0 Å². The van der Waals surface area contributed by atoms with Gasteiger partial charge in [-0.15, -0.1) is 0 Å². The van der Waals surface area contributed by atoms with Gasteiger partial charge in [-0.3, -0.25) is 9.88 Å². The minimum atomic E-state index is 0.787. The van der Waals surface area contributed by atoms with Gasteiger partial charge in [-0.25, -0.2) is 0 Å². The number of nitrogens with zero attached hydrogens (tertiary/aromatic N) is 3. The van der Waals surface area contributed by atoms with Crippen molar-refractivity contribution in [3.8, 4) is 0 Å². The number of fused-ring (bicyclic) bond motifs is 1. The zero-order valence-electron chi connectivity index (χ0n) is 12.2. The van der Waals surface area contributed by atoms with Gasteiger partial charge in [-0.2, -0.15) is 0 Å². The van der Waals surface area contributed by atoms with E-state index < -0.39 is 0 Å². The Morgan fingerprint density at radius 3 is 2.79 bits per heavy atom. The summed E-state index contributed by atoms with van der Waals surface area (Å²) < 4.78 is 0. The van der Waals surface area contributed by atoms with Crippen LogP contribution in [0.5, 0.6) is 0 Å². The predicted octanol–water partition coefficient (Wildman–Crippen LogP) is 2.10. The van der Waals surface area contributed by atoms with Crippen molar-refractivity contribution in [2.45, 2.75) is 45.2 Å². The lowest BCUT2D eigenvalue weighted by molar-refractivity contribution is 0.109. The number of hydrogen-bond acceptors (Lipinski definition) is 3. The molecule has 3 nitrogen and oxygen atoms in total. The van der Waals surface area contributed by atoms with Crippen LogP contribution in [0.25, 0.3) is 0 Å². The Labute approximate surface area is 116 Å². The van der Waals surface area contributed by atoms with Gasteiger partial charge < -0.3 is 4.90 Å². The van der Waals surface area contributed by atoms with Crippen LogP contribution in [0, 0.1) is 0 Å². The van der Waals surface area contributed by atoms with E-state index in [0.717, 1.165) is 25.4 Å². The van der Waals surface area contributed by atoms with E-state index in [1.54, 1.807) is 0 Å². The van der Waals surface area contributed by atoms with Crippen LogP contribution in [-0.4, -0.2) is 47.5 Å². The molecule has 0 radical (unpaired) electrons. The molecule has 0 N–H and O–H groups in total. The largest absolute Gasteiger partial charge is 0.306 e. The fraction of sp³-hybridized carbons (Fsp3) is 0.688. The number of rotatable bonds is 2. The number of pyridine rings is 1. The van der Waals surface area contributed by atoms with Crippen molar-refractivity contribution < 1.29 is 0 Å². The summed E-state index contributed by atoms with van der Waals surface area (Å²) in [5.41, 5.74) is 4.19. The molecule has 0 atom stereocenters. The third-order valence-electron chi connectivity index (χ3n) is 4.74. The lowest BCUT2D eigenvalue weighted by Crippen LogP contribution is -2.45. The highest BCUT2D eigenvalue weighted by Gasteiger charge is 2.26. The molecule has 1 aromatic rings. The van der Waals surface area contributed by atoms with Crippen molar-refractivity contribution in [1.29, 1.82) is 0 Å². The van der Waals surface area contributed by atoms with Crippen LogP contribution in [0.15, 0.2) is 12.3 Å². The zero-order chi connectivity index (χ0) is 13.2. The molecule has 3 heteroatoms. The van der Waals surface area contributed by atoms with E-state index in [9.17, 15) is 0 Å². The Morgan fingerprint density at radius 2 is 2.05 bits per heavy atom. The number of aryl methyl sites for hydroxylation is 1.